The lowest BCUT2D eigenvalue weighted by molar-refractivity contribution is 0.276. The third-order valence-corrected chi connectivity index (χ3v) is 4.01. The van der Waals surface area contributed by atoms with E-state index in [1.165, 1.54) is 41.6 Å². The van der Waals surface area contributed by atoms with Crippen molar-refractivity contribution in [2.45, 2.75) is 13.2 Å². The largest absolute Gasteiger partial charge is 0.495 e. The second-order valence-electron chi connectivity index (χ2n) is 6.10. The fourth-order valence-electron chi connectivity index (χ4n) is 2.38. The first-order valence-electron chi connectivity index (χ1n) is 12.1. The second-order valence-corrected chi connectivity index (χ2v) is 6.10. The van der Waals surface area contributed by atoms with Gasteiger partial charge >= 0.3 is 0 Å². The van der Waals surface area contributed by atoms with Crippen LogP contribution in [-0.4, -0.2) is 64.2 Å². The van der Waals surface area contributed by atoms with Crippen LogP contribution < -0.4 is 9.47 Å². The number of aliphatic hydroxyl groups is 2. The van der Waals surface area contributed by atoms with Crippen molar-refractivity contribution in [3.8, 4) is 35.3 Å². The molecule has 172 valence electrons. The summed E-state index contributed by atoms with van der Waals surface area (Å²) in [6.07, 6.45) is 5.10. The van der Waals surface area contributed by atoms with Gasteiger partial charge in [0.15, 0.2) is 11.6 Å². The van der Waals surface area contributed by atoms with Gasteiger partial charge in [-0.15, -0.1) is 15.0 Å². The second kappa shape index (κ2) is 11.1. The molecule has 34 heavy (non-hydrogen) atoms. The van der Waals surface area contributed by atoms with Gasteiger partial charge in [-0.2, -0.15) is 15.6 Å². The van der Waals surface area contributed by atoms with E-state index in [0.717, 1.165) is 4.80 Å². The molecule has 0 radical (unpaired) electrons. The van der Waals surface area contributed by atoms with E-state index in [-0.39, 0.29) is 47.5 Å². The first-order valence-corrected chi connectivity index (χ1v) is 9.09. The molecular formula is C20H18N10O4. The summed E-state index contributed by atoms with van der Waals surface area (Å²) in [6, 6.07) is 6.08. The number of rotatable bonds is 6. The topological polar surface area (TPSA) is 194 Å². The Hall–Kier alpha value is -4.92. The average Bonchev–Trinajstić information content (AvgIpc) is 3.57. The van der Waals surface area contributed by atoms with Crippen LogP contribution in [0.2, 0.25) is 0 Å². The van der Waals surface area contributed by atoms with Crippen LogP contribution in [0.15, 0.2) is 36.9 Å². The zero-order valence-electron chi connectivity index (χ0n) is 23.1. The normalized spacial score (nSPS) is 13.3. The van der Waals surface area contributed by atoms with E-state index >= 15 is 0 Å². The van der Waals surface area contributed by atoms with Crippen molar-refractivity contribution in [3.05, 3.63) is 59.4 Å². The van der Waals surface area contributed by atoms with Gasteiger partial charge in [-0.1, -0.05) is 5.21 Å². The molecule has 0 aliphatic carbocycles. The Labute approximate surface area is 201 Å². The fraction of sp³-hybridized carbons (Fsp3) is 0.200. The minimum absolute atomic E-state index is 0.00706. The lowest BCUT2D eigenvalue weighted by Crippen LogP contribution is -2.03. The molecule has 0 atom stereocenters. The molecule has 0 fully saturated rings. The number of ether oxygens (including phenoxy) is 2. The monoisotopic (exact) mass is 468 g/mol. The standard InChI is InChI=1S/2C10H9N5O2/c1-17-9-2-10(12-4-7(9)3-11)15-5-8(6-16)13-14-15;1-17-9-2-10(12-4-7(9)3-11)15-13-5-8(6-16)14-15/h2*2,4-5,16H,6H2,1H3/i2*1D3. The number of nitriles is 2. The number of aliphatic hydroxyl groups excluding tert-OH is 2. The van der Waals surface area contributed by atoms with E-state index in [4.69, 9.17) is 38.4 Å². The van der Waals surface area contributed by atoms with Gasteiger partial charge in [-0.05, 0) is 0 Å². The van der Waals surface area contributed by atoms with Crippen LogP contribution >= 0.6 is 0 Å². The van der Waals surface area contributed by atoms with Crippen molar-refractivity contribution in [1.29, 1.82) is 10.5 Å². The number of hydrogen-bond donors (Lipinski definition) is 2. The lowest BCUT2D eigenvalue weighted by atomic mass is 10.3. The van der Waals surface area contributed by atoms with Crippen molar-refractivity contribution in [3.63, 3.8) is 0 Å². The first-order chi connectivity index (χ1) is 18.9. The van der Waals surface area contributed by atoms with Gasteiger partial charge in [0.1, 0.15) is 46.2 Å². The Morgan fingerprint density at radius 3 is 2.09 bits per heavy atom. The average molecular weight is 468 g/mol. The third-order valence-electron chi connectivity index (χ3n) is 4.01. The third kappa shape index (κ3) is 5.28. The SMILES string of the molecule is [2H]C([2H])([2H])Oc1cc(-n2cc(CO)nn2)ncc1C#N.[2H]C([2H])([2H])Oc1cc(-n2ncc(CO)n2)ncc1C#N. The molecule has 0 aliphatic rings. The van der Waals surface area contributed by atoms with Gasteiger partial charge < -0.3 is 19.7 Å². The van der Waals surface area contributed by atoms with Crippen LogP contribution in [0.3, 0.4) is 0 Å². The van der Waals surface area contributed by atoms with Crippen molar-refractivity contribution >= 4 is 0 Å². The van der Waals surface area contributed by atoms with Crippen LogP contribution in [0, 0.1) is 22.7 Å². The highest BCUT2D eigenvalue weighted by atomic mass is 16.5. The molecule has 4 aromatic heterocycles. The maximum Gasteiger partial charge on any atom is 0.178 e. The quantitative estimate of drug-likeness (QED) is 0.387. The summed E-state index contributed by atoms with van der Waals surface area (Å²) in [5.41, 5.74) is 0.635. The molecule has 4 rings (SSSR count). The van der Waals surface area contributed by atoms with Gasteiger partial charge in [-0.25, -0.2) is 14.6 Å². The molecule has 0 amide bonds. The number of aromatic nitrogens is 8. The molecule has 0 saturated carbocycles. The zero-order chi connectivity index (χ0) is 29.5. The number of hydrogen-bond acceptors (Lipinski definition) is 12. The Kier molecular flexibility index (Phi) is 5.44. The highest BCUT2D eigenvalue weighted by Crippen LogP contribution is 2.19. The summed E-state index contributed by atoms with van der Waals surface area (Å²) in [7, 11) is -5.36. The summed E-state index contributed by atoms with van der Waals surface area (Å²) in [5.74, 6) is 0.122. The van der Waals surface area contributed by atoms with E-state index in [0.29, 0.717) is 11.4 Å². The van der Waals surface area contributed by atoms with Crippen LogP contribution in [0.5, 0.6) is 11.5 Å². The smallest absolute Gasteiger partial charge is 0.178 e. The van der Waals surface area contributed by atoms with Gasteiger partial charge in [0.05, 0.1) is 60.3 Å². The predicted octanol–water partition coefficient (Wildman–Crippen LogP) is 0.0698. The van der Waals surface area contributed by atoms with Gasteiger partial charge in [-0.3, -0.25) is 0 Å². The van der Waals surface area contributed by atoms with E-state index in [1.54, 1.807) is 12.1 Å². The minimum Gasteiger partial charge on any atom is -0.495 e. The van der Waals surface area contributed by atoms with Crippen LogP contribution in [0.25, 0.3) is 11.6 Å². The Balaban J connectivity index is 0.000000220. The number of pyridine rings is 2. The molecular weight excluding hydrogens is 444 g/mol. The molecule has 4 aromatic rings. The van der Waals surface area contributed by atoms with Crippen molar-refractivity contribution in [2.24, 2.45) is 0 Å². The zero-order valence-corrected chi connectivity index (χ0v) is 17.1. The fourth-order valence-corrected chi connectivity index (χ4v) is 2.38. The first kappa shape index (κ1) is 16.7. The minimum atomic E-state index is -2.68. The molecule has 0 unspecified atom stereocenters. The lowest BCUT2D eigenvalue weighted by Gasteiger charge is -2.04. The number of methoxy groups -OCH3 is 2. The van der Waals surface area contributed by atoms with Crippen molar-refractivity contribution in [1.82, 2.24) is 40.0 Å². The predicted molar refractivity (Wildman–Crippen MR) is 113 cm³/mol. The summed E-state index contributed by atoms with van der Waals surface area (Å²) >= 11 is 0. The molecule has 0 saturated heterocycles. The van der Waals surface area contributed by atoms with Crippen molar-refractivity contribution < 1.29 is 27.9 Å². The van der Waals surface area contributed by atoms with Crippen LogP contribution in [0.4, 0.5) is 0 Å². The Morgan fingerprint density at radius 1 is 0.941 bits per heavy atom. The molecule has 0 aromatic carbocycles. The molecule has 4 heterocycles. The van der Waals surface area contributed by atoms with Gasteiger partial charge in [0, 0.05) is 12.1 Å². The highest BCUT2D eigenvalue weighted by Gasteiger charge is 2.09. The van der Waals surface area contributed by atoms with Gasteiger partial charge in [0.25, 0.3) is 0 Å². The maximum atomic E-state index is 8.91. The van der Waals surface area contributed by atoms with Crippen molar-refractivity contribution in [2.75, 3.05) is 14.1 Å². The van der Waals surface area contributed by atoms with E-state index in [9.17, 15) is 0 Å². The number of nitrogens with zero attached hydrogens (tertiary/aromatic N) is 10. The molecule has 2 N–H and O–H groups in total. The highest BCUT2D eigenvalue weighted by molar-refractivity contribution is 5.46. The summed E-state index contributed by atoms with van der Waals surface area (Å²) in [5, 5.41) is 50.7. The molecule has 14 heteroatoms. The van der Waals surface area contributed by atoms with Gasteiger partial charge in [0.2, 0.25) is 0 Å². The van der Waals surface area contributed by atoms with Crippen LogP contribution in [-0.2, 0) is 13.2 Å². The van der Waals surface area contributed by atoms with E-state index in [1.807, 2.05) is 0 Å². The molecule has 0 aliphatic heterocycles. The summed E-state index contributed by atoms with van der Waals surface area (Å²) < 4.78 is 53.1. The Morgan fingerprint density at radius 2 is 1.56 bits per heavy atom. The van der Waals surface area contributed by atoms with E-state index < -0.39 is 14.1 Å². The summed E-state index contributed by atoms with van der Waals surface area (Å²) in [6.45, 7) is -0.566. The molecule has 14 nitrogen and oxygen atoms in total. The Bertz CT molecular complexity index is 1440. The summed E-state index contributed by atoms with van der Waals surface area (Å²) in [4.78, 5) is 8.98. The van der Waals surface area contributed by atoms with Crippen LogP contribution in [0.1, 0.15) is 30.7 Å². The van der Waals surface area contributed by atoms with E-state index in [2.05, 4.69) is 30.5 Å². The molecule has 0 spiro atoms. The maximum absolute atomic E-state index is 8.91. The molecule has 0 bridgehead atoms.